The lowest BCUT2D eigenvalue weighted by Crippen LogP contribution is -2.52. The second kappa shape index (κ2) is 10.5. The van der Waals surface area contributed by atoms with E-state index in [1.54, 1.807) is 23.4 Å². The fraction of sp³-hybridized carbons (Fsp3) is 0.345. The Labute approximate surface area is 211 Å². The number of benzene rings is 1. The van der Waals surface area contributed by atoms with E-state index < -0.39 is 5.82 Å². The lowest BCUT2D eigenvalue weighted by Gasteiger charge is -2.37. The summed E-state index contributed by atoms with van der Waals surface area (Å²) in [6.45, 7) is 5.30. The number of aromatic nitrogens is 2. The van der Waals surface area contributed by atoms with Gasteiger partial charge in [-0.2, -0.15) is 0 Å². The molecule has 2 aliphatic rings. The molecule has 2 aliphatic heterocycles. The van der Waals surface area contributed by atoms with Crippen molar-refractivity contribution in [3.63, 3.8) is 0 Å². The molecule has 1 amide bonds. The average molecular weight is 484 g/mol. The van der Waals surface area contributed by atoms with Crippen molar-refractivity contribution in [1.29, 1.82) is 0 Å². The first-order valence-corrected chi connectivity index (χ1v) is 12.5. The maximum absolute atomic E-state index is 15.3. The van der Waals surface area contributed by atoms with Crippen molar-refractivity contribution < 1.29 is 9.18 Å². The number of amides is 1. The number of carbonyl (C=O) groups excluding carboxylic acids is 1. The Bertz CT molecular complexity index is 1330. The number of pyridine rings is 2. The van der Waals surface area contributed by atoms with Crippen molar-refractivity contribution in [2.75, 3.05) is 38.5 Å². The summed E-state index contributed by atoms with van der Waals surface area (Å²) in [5.74, 6) is 6.44. The van der Waals surface area contributed by atoms with Gasteiger partial charge < -0.3 is 10.2 Å². The van der Waals surface area contributed by atoms with Crippen LogP contribution in [0.25, 0.3) is 11.1 Å². The number of hydrogen-bond donors (Lipinski definition) is 1. The van der Waals surface area contributed by atoms with Crippen molar-refractivity contribution in [2.24, 2.45) is 0 Å². The van der Waals surface area contributed by atoms with Gasteiger partial charge in [0.05, 0.1) is 16.8 Å². The van der Waals surface area contributed by atoms with Gasteiger partial charge in [-0.25, -0.2) is 9.37 Å². The number of anilines is 1. The SMILES string of the molecule is CCc1nccc(-c2ccc(C(=O)N3CCN4CCCC4C3)c(F)c2)c1C#Cc1ccc(NC)nc1. The molecule has 3 aromatic rings. The molecule has 1 unspecified atom stereocenters. The summed E-state index contributed by atoms with van der Waals surface area (Å²) in [6, 6.07) is 10.9. The van der Waals surface area contributed by atoms with Crippen LogP contribution in [-0.4, -0.2) is 64.9 Å². The van der Waals surface area contributed by atoms with Crippen LogP contribution in [0.2, 0.25) is 0 Å². The summed E-state index contributed by atoms with van der Waals surface area (Å²) in [5.41, 5.74) is 3.98. The summed E-state index contributed by atoms with van der Waals surface area (Å²) in [7, 11) is 1.82. The monoisotopic (exact) mass is 483 g/mol. The number of carbonyl (C=O) groups is 1. The van der Waals surface area contributed by atoms with E-state index >= 15 is 4.39 Å². The second-order valence-corrected chi connectivity index (χ2v) is 9.24. The Hall–Kier alpha value is -3.76. The molecular formula is C29H30FN5O. The van der Waals surface area contributed by atoms with E-state index in [-0.39, 0.29) is 11.5 Å². The molecule has 0 radical (unpaired) electrons. The van der Waals surface area contributed by atoms with Gasteiger partial charge in [-0.3, -0.25) is 14.7 Å². The molecule has 5 rings (SSSR count). The van der Waals surface area contributed by atoms with Crippen LogP contribution in [0.15, 0.2) is 48.8 Å². The molecule has 1 atom stereocenters. The van der Waals surface area contributed by atoms with E-state index in [2.05, 4.69) is 32.0 Å². The number of halogens is 1. The van der Waals surface area contributed by atoms with Crippen molar-refractivity contribution in [3.8, 4) is 23.0 Å². The number of hydrogen-bond acceptors (Lipinski definition) is 5. The molecule has 2 fully saturated rings. The zero-order chi connectivity index (χ0) is 25.1. The highest BCUT2D eigenvalue weighted by atomic mass is 19.1. The Balaban J connectivity index is 1.43. The summed E-state index contributed by atoms with van der Waals surface area (Å²) in [5, 5.41) is 2.99. The fourth-order valence-corrected chi connectivity index (χ4v) is 5.11. The van der Waals surface area contributed by atoms with Crippen molar-refractivity contribution >= 4 is 11.7 Å². The quantitative estimate of drug-likeness (QED) is 0.564. The Morgan fingerprint density at radius 3 is 2.78 bits per heavy atom. The zero-order valence-corrected chi connectivity index (χ0v) is 20.7. The van der Waals surface area contributed by atoms with Gasteiger partial charge in [0, 0.05) is 56.2 Å². The van der Waals surface area contributed by atoms with E-state index in [1.165, 1.54) is 12.5 Å². The Morgan fingerprint density at radius 2 is 2.03 bits per heavy atom. The predicted molar refractivity (Wildman–Crippen MR) is 139 cm³/mol. The van der Waals surface area contributed by atoms with Crippen molar-refractivity contribution in [3.05, 3.63) is 77.0 Å². The van der Waals surface area contributed by atoms with Crippen LogP contribution in [0.4, 0.5) is 10.2 Å². The van der Waals surface area contributed by atoms with Crippen LogP contribution in [0.3, 0.4) is 0 Å². The minimum atomic E-state index is -0.507. The lowest BCUT2D eigenvalue weighted by atomic mass is 9.96. The largest absolute Gasteiger partial charge is 0.373 e. The first kappa shape index (κ1) is 24.0. The summed E-state index contributed by atoms with van der Waals surface area (Å²) >= 11 is 0. The zero-order valence-electron chi connectivity index (χ0n) is 20.7. The molecular weight excluding hydrogens is 453 g/mol. The molecule has 1 aromatic carbocycles. The van der Waals surface area contributed by atoms with Gasteiger partial charge in [-0.05, 0) is 61.7 Å². The van der Waals surface area contributed by atoms with Gasteiger partial charge in [-0.1, -0.05) is 24.8 Å². The number of nitrogens with one attached hydrogen (secondary N) is 1. The molecule has 2 aromatic heterocycles. The van der Waals surface area contributed by atoms with Gasteiger partial charge in [0.15, 0.2) is 0 Å². The third-order valence-electron chi connectivity index (χ3n) is 7.10. The van der Waals surface area contributed by atoms with Crippen molar-refractivity contribution in [1.82, 2.24) is 19.8 Å². The summed E-state index contributed by atoms with van der Waals surface area (Å²) < 4.78 is 15.3. The molecule has 6 nitrogen and oxygen atoms in total. The topological polar surface area (TPSA) is 61.4 Å². The minimum absolute atomic E-state index is 0.123. The standard InChI is InChI=1S/C29H30FN5O/c1-3-27-24(9-6-20-7-11-28(31-2)33-18-20)23(12-13-32-27)21-8-10-25(26(30)17-21)29(36)35-16-15-34-14-4-5-22(34)19-35/h7-8,10-13,17-18,22H,3-5,14-16,19H2,1-2H3,(H,31,33). The van der Waals surface area contributed by atoms with Crippen LogP contribution in [-0.2, 0) is 6.42 Å². The molecule has 36 heavy (non-hydrogen) atoms. The predicted octanol–water partition coefficient (Wildman–Crippen LogP) is 4.21. The molecule has 7 heteroatoms. The number of piperazine rings is 1. The van der Waals surface area contributed by atoms with E-state index in [9.17, 15) is 4.79 Å². The van der Waals surface area contributed by atoms with Gasteiger partial charge in [0.25, 0.3) is 5.91 Å². The first-order valence-electron chi connectivity index (χ1n) is 12.5. The molecule has 184 valence electrons. The van der Waals surface area contributed by atoms with E-state index in [1.807, 2.05) is 38.2 Å². The fourth-order valence-electron chi connectivity index (χ4n) is 5.11. The van der Waals surface area contributed by atoms with Crippen LogP contribution >= 0.6 is 0 Å². The summed E-state index contributed by atoms with van der Waals surface area (Å²) in [4.78, 5) is 26.2. The van der Waals surface area contributed by atoms with E-state index in [0.29, 0.717) is 31.1 Å². The number of rotatable bonds is 4. The molecule has 4 heterocycles. The third kappa shape index (κ3) is 4.82. The molecule has 0 aliphatic carbocycles. The van der Waals surface area contributed by atoms with Crippen LogP contribution in [0.5, 0.6) is 0 Å². The highest BCUT2D eigenvalue weighted by molar-refractivity contribution is 5.95. The maximum atomic E-state index is 15.3. The van der Waals surface area contributed by atoms with E-state index in [4.69, 9.17) is 0 Å². The van der Waals surface area contributed by atoms with Crippen LogP contribution in [0, 0.1) is 17.7 Å². The van der Waals surface area contributed by atoms with Gasteiger partial charge in [0.2, 0.25) is 0 Å². The first-order chi connectivity index (χ1) is 17.6. The van der Waals surface area contributed by atoms with Gasteiger partial charge in [0.1, 0.15) is 11.6 Å². The molecule has 0 bridgehead atoms. The highest BCUT2D eigenvalue weighted by Gasteiger charge is 2.33. The Kier molecular flexibility index (Phi) is 6.97. The third-order valence-corrected chi connectivity index (χ3v) is 7.10. The molecule has 1 N–H and O–H groups in total. The average Bonchev–Trinajstić information content (AvgIpc) is 3.39. The van der Waals surface area contributed by atoms with Gasteiger partial charge >= 0.3 is 0 Å². The normalized spacial score (nSPS) is 17.3. The maximum Gasteiger partial charge on any atom is 0.256 e. The second-order valence-electron chi connectivity index (χ2n) is 9.24. The van der Waals surface area contributed by atoms with E-state index in [0.717, 1.165) is 47.7 Å². The molecule has 0 saturated carbocycles. The smallest absolute Gasteiger partial charge is 0.256 e. The highest BCUT2D eigenvalue weighted by Crippen LogP contribution is 2.28. The summed E-state index contributed by atoms with van der Waals surface area (Å²) in [6.07, 6.45) is 6.41. The lowest BCUT2D eigenvalue weighted by molar-refractivity contribution is 0.0567. The van der Waals surface area contributed by atoms with Crippen LogP contribution < -0.4 is 5.32 Å². The number of fused-ring (bicyclic) bond motifs is 1. The van der Waals surface area contributed by atoms with Gasteiger partial charge in [-0.15, -0.1) is 0 Å². The Morgan fingerprint density at radius 1 is 1.14 bits per heavy atom. The number of aryl methyl sites for hydroxylation is 1. The molecule has 0 spiro atoms. The molecule has 2 saturated heterocycles. The minimum Gasteiger partial charge on any atom is -0.373 e. The number of nitrogens with zero attached hydrogens (tertiary/aromatic N) is 4. The van der Waals surface area contributed by atoms with Crippen LogP contribution in [0.1, 0.15) is 46.9 Å². The van der Waals surface area contributed by atoms with Crippen molar-refractivity contribution in [2.45, 2.75) is 32.2 Å².